The molecule has 10 heteroatoms. The number of hydrogen-bond donors (Lipinski definition) is 1. The molecule has 5 rings (SSSR count). The molecule has 0 saturated heterocycles. The molecule has 2 amide bonds. The van der Waals surface area contributed by atoms with Crippen LogP contribution in [0, 0.1) is 5.82 Å². The van der Waals surface area contributed by atoms with E-state index in [0.29, 0.717) is 5.56 Å². The molecule has 0 aliphatic heterocycles. The minimum atomic E-state index is -4.27. The molecule has 47 heavy (non-hydrogen) atoms. The second kappa shape index (κ2) is 15.7. The number of nitrogens with one attached hydrogen (secondary N) is 1. The molecule has 246 valence electrons. The van der Waals surface area contributed by atoms with Crippen molar-refractivity contribution in [2.75, 3.05) is 18.0 Å². The van der Waals surface area contributed by atoms with Gasteiger partial charge >= 0.3 is 0 Å². The highest BCUT2D eigenvalue weighted by Crippen LogP contribution is 2.32. The molecule has 0 unspecified atom stereocenters. The number of halogens is 1. The number of anilines is 1. The first-order valence-corrected chi connectivity index (χ1v) is 17.3. The summed E-state index contributed by atoms with van der Waals surface area (Å²) in [7, 11) is -2.83. The molecule has 8 nitrogen and oxygen atoms in total. The van der Waals surface area contributed by atoms with Crippen LogP contribution in [0.1, 0.15) is 43.2 Å². The largest absolute Gasteiger partial charge is 0.495 e. The Kier molecular flexibility index (Phi) is 11.3. The fraction of sp³-hybridized carbons (Fsp3) is 0.297. The van der Waals surface area contributed by atoms with Crippen molar-refractivity contribution in [1.29, 1.82) is 0 Å². The molecule has 1 saturated carbocycles. The lowest BCUT2D eigenvalue weighted by Gasteiger charge is -2.35. The van der Waals surface area contributed by atoms with Gasteiger partial charge in [-0.05, 0) is 60.4 Å². The van der Waals surface area contributed by atoms with Gasteiger partial charge in [-0.25, -0.2) is 12.8 Å². The first kappa shape index (κ1) is 33.7. The summed E-state index contributed by atoms with van der Waals surface area (Å²) in [4.78, 5) is 30.2. The monoisotopic (exact) mass is 657 g/mol. The van der Waals surface area contributed by atoms with Gasteiger partial charge in [0.25, 0.3) is 10.0 Å². The molecule has 0 heterocycles. The molecule has 0 spiro atoms. The Bertz CT molecular complexity index is 1730. The zero-order valence-electron chi connectivity index (χ0n) is 26.4. The van der Waals surface area contributed by atoms with Gasteiger partial charge in [0.1, 0.15) is 24.2 Å². The van der Waals surface area contributed by atoms with E-state index in [1.807, 2.05) is 30.3 Å². The topological polar surface area (TPSA) is 96.0 Å². The minimum absolute atomic E-state index is 0.000308. The van der Waals surface area contributed by atoms with Gasteiger partial charge in [0.2, 0.25) is 11.8 Å². The molecule has 1 fully saturated rings. The quantitative estimate of drug-likeness (QED) is 0.187. The van der Waals surface area contributed by atoms with Crippen molar-refractivity contribution < 1.29 is 27.1 Å². The predicted octanol–water partition coefficient (Wildman–Crippen LogP) is 6.12. The van der Waals surface area contributed by atoms with Crippen LogP contribution < -0.4 is 14.4 Å². The number of benzene rings is 4. The number of carbonyl (C=O) groups is 2. The Morgan fingerprint density at radius 3 is 2.11 bits per heavy atom. The van der Waals surface area contributed by atoms with Crippen LogP contribution in [0.3, 0.4) is 0 Å². The summed E-state index contributed by atoms with van der Waals surface area (Å²) in [6.07, 6.45) is 5.05. The maximum absolute atomic E-state index is 14.6. The van der Waals surface area contributed by atoms with E-state index in [-0.39, 0.29) is 41.2 Å². The number of methoxy groups -OCH3 is 1. The van der Waals surface area contributed by atoms with Crippen LogP contribution in [-0.2, 0) is 32.6 Å². The van der Waals surface area contributed by atoms with E-state index in [0.717, 1.165) is 42.0 Å². The first-order valence-electron chi connectivity index (χ1n) is 15.9. The Morgan fingerprint density at radius 2 is 1.45 bits per heavy atom. The number of amides is 2. The number of nitrogens with zero attached hydrogens (tertiary/aromatic N) is 2. The lowest BCUT2D eigenvalue weighted by Crippen LogP contribution is -2.55. The van der Waals surface area contributed by atoms with E-state index in [1.165, 1.54) is 36.3 Å². The molecule has 1 N–H and O–H groups in total. The minimum Gasteiger partial charge on any atom is -0.495 e. The molecule has 1 aliphatic carbocycles. The number of rotatable bonds is 13. The molecule has 1 aliphatic rings. The second-order valence-electron chi connectivity index (χ2n) is 11.7. The standard InChI is InChI=1S/C37H40FN3O5S/c1-46-35-20-12-11-19-33(35)41(47(44,45)32-17-9-4-10-18-32)27-36(42)40(26-29-21-23-30(38)24-22-29)34(25-28-13-5-2-6-14-28)37(43)39-31-15-7-3-8-16-31/h2,4-6,9-14,17-24,31,34H,3,7-8,15-16,25-27H2,1H3,(H,39,43)/t34-/m1/s1. The van der Waals surface area contributed by atoms with Crippen molar-refractivity contribution in [3.8, 4) is 5.75 Å². The van der Waals surface area contributed by atoms with Crippen LogP contribution in [0.15, 0.2) is 114 Å². The van der Waals surface area contributed by atoms with E-state index in [1.54, 1.807) is 54.6 Å². The van der Waals surface area contributed by atoms with Crippen LogP contribution in [0.2, 0.25) is 0 Å². The predicted molar refractivity (Wildman–Crippen MR) is 180 cm³/mol. The summed E-state index contributed by atoms with van der Waals surface area (Å²) in [5.41, 5.74) is 1.62. The van der Waals surface area contributed by atoms with Crippen molar-refractivity contribution in [3.63, 3.8) is 0 Å². The highest BCUT2D eigenvalue weighted by molar-refractivity contribution is 7.92. The summed E-state index contributed by atoms with van der Waals surface area (Å²) in [5, 5.41) is 3.18. The Balaban J connectivity index is 1.57. The van der Waals surface area contributed by atoms with E-state index < -0.39 is 34.3 Å². The van der Waals surface area contributed by atoms with Crippen molar-refractivity contribution in [3.05, 3.63) is 126 Å². The normalized spacial score (nSPS) is 14.2. The molecule has 1 atom stereocenters. The zero-order valence-corrected chi connectivity index (χ0v) is 27.2. The van der Waals surface area contributed by atoms with Gasteiger partial charge in [-0.15, -0.1) is 0 Å². The Hall–Kier alpha value is -4.70. The number of carbonyl (C=O) groups excluding carboxylic acids is 2. The van der Waals surface area contributed by atoms with Crippen LogP contribution in [-0.4, -0.2) is 50.9 Å². The molecule has 0 bridgehead atoms. The Labute approximate surface area is 276 Å². The van der Waals surface area contributed by atoms with Crippen LogP contribution >= 0.6 is 0 Å². The van der Waals surface area contributed by atoms with Crippen molar-refractivity contribution in [1.82, 2.24) is 10.2 Å². The average molecular weight is 658 g/mol. The average Bonchev–Trinajstić information content (AvgIpc) is 3.10. The van der Waals surface area contributed by atoms with Gasteiger partial charge in [-0.1, -0.05) is 92.1 Å². The molecule has 4 aromatic rings. The van der Waals surface area contributed by atoms with E-state index in [9.17, 15) is 22.4 Å². The van der Waals surface area contributed by atoms with Gasteiger partial charge in [0, 0.05) is 19.0 Å². The highest BCUT2D eigenvalue weighted by atomic mass is 32.2. The summed E-state index contributed by atoms with van der Waals surface area (Å²) >= 11 is 0. The van der Waals surface area contributed by atoms with Gasteiger partial charge in [0.05, 0.1) is 17.7 Å². The number of ether oxygens (including phenoxy) is 1. The summed E-state index contributed by atoms with van der Waals surface area (Å²) < 4.78 is 48.8. The number of para-hydroxylation sites is 2. The molecule has 0 radical (unpaired) electrons. The van der Waals surface area contributed by atoms with Gasteiger partial charge < -0.3 is 15.0 Å². The Morgan fingerprint density at radius 1 is 0.830 bits per heavy atom. The zero-order chi connectivity index (χ0) is 33.2. The van der Waals surface area contributed by atoms with Crippen LogP contribution in [0.5, 0.6) is 5.75 Å². The lowest BCUT2D eigenvalue weighted by atomic mass is 9.94. The molecular weight excluding hydrogens is 617 g/mol. The first-order chi connectivity index (χ1) is 22.8. The van der Waals surface area contributed by atoms with Gasteiger partial charge in [0.15, 0.2) is 0 Å². The third kappa shape index (κ3) is 8.56. The van der Waals surface area contributed by atoms with Gasteiger partial charge in [-0.2, -0.15) is 0 Å². The van der Waals surface area contributed by atoms with E-state index in [2.05, 4.69) is 5.32 Å². The van der Waals surface area contributed by atoms with E-state index in [4.69, 9.17) is 4.74 Å². The fourth-order valence-corrected chi connectivity index (χ4v) is 7.40. The maximum atomic E-state index is 14.6. The summed E-state index contributed by atoms with van der Waals surface area (Å²) in [6.45, 7) is -0.652. The lowest BCUT2D eigenvalue weighted by molar-refractivity contribution is -0.140. The maximum Gasteiger partial charge on any atom is 0.264 e. The van der Waals surface area contributed by atoms with Crippen molar-refractivity contribution >= 4 is 27.5 Å². The molecule has 0 aromatic heterocycles. The van der Waals surface area contributed by atoms with Crippen molar-refractivity contribution in [2.24, 2.45) is 0 Å². The third-order valence-corrected chi connectivity index (χ3v) is 10.2. The summed E-state index contributed by atoms with van der Waals surface area (Å²) in [6, 6.07) is 28.6. The third-order valence-electron chi connectivity index (χ3n) is 8.45. The van der Waals surface area contributed by atoms with Crippen LogP contribution in [0.4, 0.5) is 10.1 Å². The number of hydrogen-bond acceptors (Lipinski definition) is 5. The SMILES string of the molecule is COc1ccccc1N(CC(=O)N(Cc1ccc(F)cc1)[C@H](Cc1ccccc1)C(=O)NC1CCCCC1)S(=O)(=O)c1ccccc1. The molecule has 4 aromatic carbocycles. The summed E-state index contributed by atoms with van der Waals surface area (Å²) in [5.74, 6) is -1.08. The van der Waals surface area contributed by atoms with Gasteiger partial charge in [-0.3, -0.25) is 13.9 Å². The smallest absolute Gasteiger partial charge is 0.264 e. The van der Waals surface area contributed by atoms with Crippen LogP contribution in [0.25, 0.3) is 0 Å². The number of sulfonamides is 1. The van der Waals surface area contributed by atoms with E-state index >= 15 is 0 Å². The molecular formula is C37H40FN3O5S. The second-order valence-corrected chi connectivity index (χ2v) is 13.6. The van der Waals surface area contributed by atoms with Crippen molar-refractivity contribution in [2.45, 2.75) is 62.0 Å². The highest BCUT2D eigenvalue weighted by Gasteiger charge is 2.36. The fourth-order valence-electron chi connectivity index (χ4n) is 5.95.